The summed E-state index contributed by atoms with van der Waals surface area (Å²) in [4.78, 5) is 11.0. The molecule has 82 valence electrons. The topological polar surface area (TPSA) is 61.4 Å². The SMILES string of the molecule is O=C(NCCO)NCc1ccc(F)cc1. The number of nitrogens with one attached hydrogen (secondary N) is 2. The smallest absolute Gasteiger partial charge is 0.315 e. The maximum atomic E-state index is 12.5. The van der Waals surface area contributed by atoms with Crippen molar-refractivity contribution in [3.8, 4) is 0 Å². The minimum Gasteiger partial charge on any atom is -0.395 e. The summed E-state index contributed by atoms with van der Waals surface area (Å²) in [6.07, 6.45) is 0. The fourth-order valence-corrected chi connectivity index (χ4v) is 1.02. The van der Waals surface area contributed by atoms with E-state index in [1.165, 1.54) is 12.1 Å². The molecule has 4 nitrogen and oxygen atoms in total. The van der Waals surface area contributed by atoms with Crippen LogP contribution in [0.2, 0.25) is 0 Å². The van der Waals surface area contributed by atoms with E-state index >= 15 is 0 Å². The van der Waals surface area contributed by atoms with Crippen LogP contribution >= 0.6 is 0 Å². The fourth-order valence-electron chi connectivity index (χ4n) is 1.02. The van der Waals surface area contributed by atoms with E-state index in [0.717, 1.165) is 5.56 Å². The number of amides is 2. The van der Waals surface area contributed by atoms with Gasteiger partial charge in [-0.2, -0.15) is 0 Å². The van der Waals surface area contributed by atoms with Gasteiger partial charge in [0.05, 0.1) is 6.61 Å². The highest BCUT2D eigenvalue weighted by atomic mass is 19.1. The molecule has 15 heavy (non-hydrogen) atoms. The number of benzene rings is 1. The average molecular weight is 212 g/mol. The van der Waals surface area contributed by atoms with Crippen LogP contribution in [0.1, 0.15) is 5.56 Å². The Morgan fingerprint density at radius 3 is 2.53 bits per heavy atom. The predicted octanol–water partition coefficient (Wildman–Crippen LogP) is 0.617. The van der Waals surface area contributed by atoms with Crippen LogP contribution < -0.4 is 10.6 Å². The lowest BCUT2D eigenvalue weighted by molar-refractivity contribution is 0.234. The molecule has 0 heterocycles. The molecule has 0 aliphatic heterocycles. The van der Waals surface area contributed by atoms with Crippen LogP contribution in [-0.4, -0.2) is 24.3 Å². The molecule has 0 atom stereocenters. The van der Waals surface area contributed by atoms with Gasteiger partial charge in [-0.25, -0.2) is 9.18 Å². The molecule has 0 aliphatic rings. The third kappa shape index (κ3) is 4.42. The van der Waals surface area contributed by atoms with Crippen molar-refractivity contribution in [1.29, 1.82) is 0 Å². The molecule has 0 fully saturated rings. The molecule has 0 radical (unpaired) electrons. The molecule has 1 rings (SSSR count). The Morgan fingerprint density at radius 1 is 1.27 bits per heavy atom. The van der Waals surface area contributed by atoms with E-state index in [1.807, 2.05) is 0 Å². The lowest BCUT2D eigenvalue weighted by Crippen LogP contribution is -2.36. The number of carbonyl (C=O) groups excluding carboxylic acids is 1. The number of aliphatic hydroxyl groups is 1. The number of aliphatic hydroxyl groups excluding tert-OH is 1. The minimum absolute atomic E-state index is 0.0933. The van der Waals surface area contributed by atoms with Crippen LogP contribution in [0.4, 0.5) is 9.18 Å². The van der Waals surface area contributed by atoms with E-state index in [9.17, 15) is 9.18 Å². The Labute approximate surface area is 87.1 Å². The predicted molar refractivity (Wildman–Crippen MR) is 53.7 cm³/mol. The summed E-state index contributed by atoms with van der Waals surface area (Å²) < 4.78 is 12.5. The van der Waals surface area contributed by atoms with Gasteiger partial charge in [-0.1, -0.05) is 12.1 Å². The van der Waals surface area contributed by atoms with Crippen molar-refractivity contribution in [2.75, 3.05) is 13.2 Å². The van der Waals surface area contributed by atoms with Crippen molar-refractivity contribution >= 4 is 6.03 Å². The second kappa shape index (κ2) is 5.98. The summed E-state index contributed by atoms with van der Waals surface area (Å²) >= 11 is 0. The van der Waals surface area contributed by atoms with Crippen molar-refractivity contribution in [3.05, 3.63) is 35.6 Å². The molecule has 1 aromatic rings. The Bertz CT molecular complexity index is 314. The lowest BCUT2D eigenvalue weighted by Gasteiger charge is -2.06. The Kier molecular flexibility index (Phi) is 4.56. The van der Waals surface area contributed by atoms with E-state index < -0.39 is 0 Å². The molecule has 0 aliphatic carbocycles. The van der Waals surface area contributed by atoms with Gasteiger partial charge in [0.2, 0.25) is 0 Å². The van der Waals surface area contributed by atoms with Crippen molar-refractivity contribution in [2.24, 2.45) is 0 Å². The van der Waals surface area contributed by atoms with Crippen LogP contribution in [0.25, 0.3) is 0 Å². The van der Waals surface area contributed by atoms with Gasteiger partial charge in [-0.3, -0.25) is 0 Å². The van der Waals surface area contributed by atoms with Gasteiger partial charge < -0.3 is 15.7 Å². The van der Waals surface area contributed by atoms with E-state index in [2.05, 4.69) is 10.6 Å². The Morgan fingerprint density at radius 2 is 1.93 bits per heavy atom. The fraction of sp³-hybridized carbons (Fsp3) is 0.300. The standard InChI is InChI=1S/C10H13FN2O2/c11-9-3-1-8(2-4-9)7-13-10(15)12-5-6-14/h1-4,14H,5-7H2,(H2,12,13,15). The third-order valence-corrected chi connectivity index (χ3v) is 1.76. The maximum Gasteiger partial charge on any atom is 0.315 e. The summed E-state index contributed by atoms with van der Waals surface area (Å²) in [6.45, 7) is 0.455. The number of hydrogen-bond donors (Lipinski definition) is 3. The minimum atomic E-state index is -0.353. The van der Waals surface area contributed by atoms with Crippen LogP contribution in [-0.2, 0) is 6.54 Å². The summed E-state index contributed by atoms with van der Waals surface area (Å²) in [7, 11) is 0. The molecule has 0 spiro atoms. The lowest BCUT2D eigenvalue weighted by atomic mass is 10.2. The second-order valence-corrected chi connectivity index (χ2v) is 2.96. The first kappa shape index (κ1) is 11.5. The second-order valence-electron chi connectivity index (χ2n) is 2.96. The summed E-state index contributed by atoms with van der Waals surface area (Å²) in [5.41, 5.74) is 0.815. The van der Waals surface area contributed by atoms with Crippen LogP contribution in [0.5, 0.6) is 0 Å². The first-order valence-electron chi connectivity index (χ1n) is 4.59. The first-order valence-corrected chi connectivity index (χ1v) is 4.59. The molecule has 0 aromatic heterocycles. The van der Waals surface area contributed by atoms with Gasteiger partial charge in [0.15, 0.2) is 0 Å². The quantitative estimate of drug-likeness (QED) is 0.685. The molecule has 3 N–H and O–H groups in total. The van der Waals surface area contributed by atoms with Gasteiger partial charge in [0.25, 0.3) is 0 Å². The van der Waals surface area contributed by atoms with Crippen LogP contribution in [0.3, 0.4) is 0 Å². The summed E-state index contributed by atoms with van der Waals surface area (Å²) in [5, 5.41) is 13.5. The number of carbonyl (C=O) groups is 1. The highest BCUT2D eigenvalue weighted by Gasteiger charge is 1.98. The van der Waals surface area contributed by atoms with Crippen LogP contribution in [0.15, 0.2) is 24.3 Å². The van der Waals surface area contributed by atoms with Gasteiger partial charge in [0, 0.05) is 13.1 Å². The Balaban J connectivity index is 2.30. The molecule has 1 aromatic carbocycles. The van der Waals surface area contributed by atoms with Crippen molar-refractivity contribution in [2.45, 2.75) is 6.54 Å². The number of hydrogen-bond acceptors (Lipinski definition) is 2. The largest absolute Gasteiger partial charge is 0.395 e. The highest BCUT2D eigenvalue weighted by Crippen LogP contribution is 2.01. The molecule has 2 amide bonds. The Hall–Kier alpha value is -1.62. The zero-order valence-electron chi connectivity index (χ0n) is 8.16. The van der Waals surface area contributed by atoms with Gasteiger partial charge in [-0.15, -0.1) is 0 Å². The third-order valence-electron chi connectivity index (χ3n) is 1.76. The first-order chi connectivity index (χ1) is 7.22. The molecule has 0 saturated heterocycles. The number of halogens is 1. The highest BCUT2D eigenvalue weighted by molar-refractivity contribution is 5.73. The van der Waals surface area contributed by atoms with Crippen molar-refractivity contribution < 1.29 is 14.3 Å². The zero-order valence-corrected chi connectivity index (χ0v) is 8.16. The van der Waals surface area contributed by atoms with Crippen molar-refractivity contribution in [1.82, 2.24) is 10.6 Å². The molecule has 5 heteroatoms. The van der Waals surface area contributed by atoms with Crippen molar-refractivity contribution in [3.63, 3.8) is 0 Å². The van der Waals surface area contributed by atoms with Gasteiger partial charge >= 0.3 is 6.03 Å². The molecule has 0 unspecified atom stereocenters. The maximum absolute atomic E-state index is 12.5. The van der Waals surface area contributed by atoms with E-state index in [0.29, 0.717) is 6.54 Å². The summed E-state index contributed by atoms with van der Waals surface area (Å²) in [5.74, 6) is -0.302. The molecular formula is C10H13FN2O2. The van der Waals surface area contributed by atoms with Gasteiger partial charge in [0.1, 0.15) is 5.82 Å². The molecule has 0 bridgehead atoms. The summed E-state index contributed by atoms with van der Waals surface area (Å²) in [6, 6.07) is 5.52. The molecule has 0 saturated carbocycles. The zero-order chi connectivity index (χ0) is 11.1. The van der Waals surface area contributed by atoms with Crippen LogP contribution in [0, 0.1) is 5.82 Å². The molecular weight excluding hydrogens is 199 g/mol. The van der Waals surface area contributed by atoms with E-state index in [1.54, 1.807) is 12.1 Å². The monoisotopic (exact) mass is 212 g/mol. The van der Waals surface area contributed by atoms with Gasteiger partial charge in [-0.05, 0) is 17.7 Å². The van der Waals surface area contributed by atoms with E-state index in [4.69, 9.17) is 5.11 Å². The normalized spacial score (nSPS) is 9.73. The number of urea groups is 1. The average Bonchev–Trinajstić information content (AvgIpc) is 2.25. The van der Waals surface area contributed by atoms with E-state index in [-0.39, 0.29) is 25.0 Å². The number of rotatable bonds is 4.